The first kappa shape index (κ1) is 28.1. The lowest BCUT2D eigenvalue weighted by molar-refractivity contribution is -0.122. The molecule has 38 heavy (non-hydrogen) atoms. The van der Waals surface area contributed by atoms with Gasteiger partial charge in [0.2, 0.25) is 0 Å². The number of unbranched alkanes of at least 4 members (excludes halogenated alkanes) is 5. The molecule has 1 aliphatic rings. The Morgan fingerprint density at radius 2 is 1.76 bits per heavy atom. The van der Waals surface area contributed by atoms with E-state index in [0.717, 1.165) is 53.1 Å². The standard InChI is InChI=1S/C31H37N3O2S2/c1-4-6-7-8-9-13-18-33-30(35)28(38-31(33)37)21-25-22-34(26-14-11-10-12-15-26)32-29(25)24-16-17-27(23(3)20-24)36-19-5-2/h10-12,14-17,20-22H,4-9,13,18-19H2,1-3H3/b28-21+. The average Bonchev–Trinajstić information content (AvgIpc) is 3.46. The Labute approximate surface area is 236 Å². The van der Waals surface area contributed by atoms with Crippen LogP contribution in [0.2, 0.25) is 0 Å². The molecule has 2 heterocycles. The lowest BCUT2D eigenvalue weighted by atomic mass is 10.0. The maximum atomic E-state index is 13.3. The Bertz CT molecular complexity index is 1280. The predicted octanol–water partition coefficient (Wildman–Crippen LogP) is 8.20. The minimum Gasteiger partial charge on any atom is -0.493 e. The molecule has 0 bridgehead atoms. The molecule has 1 amide bonds. The molecule has 3 aromatic rings. The van der Waals surface area contributed by atoms with E-state index in [2.05, 4.69) is 26.8 Å². The van der Waals surface area contributed by atoms with E-state index in [1.165, 1.54) is 37.4 Å². The first-order valence-electron chi connectivity index (χ1n) is 13.7. The molecule has 0 aliphatic carbocycles. The van der Waals surface area contributed by atoms with E-state index >= 15 is 0 Å². The summed E-state index contributed by atoms with van der Waals surface area (Å²) in [5.74, 6) is 0.877. The zero-order chi connectivity index (χ0) is 26.9. The minimum atomic E-state index is -0.00790. The number of thiocarbonyl (C=S) groups is 1. The second-order valence-electron chi connectivity index (χ2n) is 9.64. The quantitative estimate of drug-likeness (QED) is 0.123. The van der Waals surface area contributed by atoms with Crippen molar-refractivity contribution in [1.82, 2.24) is 14.7 Å². The maximum absolute atomic E-state index is 13.3. The van der Waals surface area contributed by atoms with Crippen molar-refractivity contribution in [2.24, 2.45) is 0 Å². The Morgan fingerprint density at radius 3 is 2.50 bits per heavy atom. The molecular weight excluding hydrogens is 510 g/mol. The number of benzene rings is 2. The summed E-state index contributed by atoms with van der Waals surface area (Å²) in [6.07, 6.45) is 12.0. The van der Waals surface area contributed by atoms with Crippen LogP contribution >= 0.6 is 24.0 Å². The molecule has 2 aromatic carbocycles. The van der Waals surface area contributed by atoms with E-state index in [0.29, 0.717) is 22.4 Å². The number of carbonyl (C=O) groups excluding carboxylic acids is 1. The van der Waals surface area contributed by atoms with Gasteiger partial charge in [0.1, 0.15) is 15.8 Å². The van der Waals surface area contributed by atoms with Gasteiger partial charge < -0.3 is 4.74 Å². The van der Waals surface area contributed by atoms with Gasteiger partial charge in [-0.1, -0.05) is 88.1 Å². The van der Waals surface area contributed by atoms with Crippen LogP contribution in [-0.4, -0.2) is 38.1 Å². The lowest BCUT2D eigenvalue weighted by Crippen LogP contribution is -2.29. The van der Waals surface area contributed by atoms with Crippen molar-refractivity contribution in [2.75, 3.05) is 13.2 Å². The SMILES string of the molecule is CCCCCCCCN1C(=O)/C(=C\c2cn(-c3ccccc3)nc2-c2ccc(OCCC)c(C)c2)SC1=S. The summed E-state index contributed by atoms with van der Waals surface area (Å²) in [6.45, 7) is 7.75. The molecule has 0 radical (unpaired) electrons. The second-order valence-corrected chi connectivity index (χ2v) is 11.3. The van der Waals surface area contributed by atoms with Crippen molar-refractivity contribution in [3.63, 3.8) is 0 Å². The highest BCUT2D eigenvalue weighted by atomic mass is 32.2. The zero-order valence-electron chi connectivity index (χ0n) is 22.6. The van der Waals surface area contributed by atoms with Gasteiger partial charge in [0.15, 0.2) is 0 Å². The highest BCUT2D eigenvalue weighted by Crippen LogP contribution is 2.36. The van der Waals surface area contributed by atoms with Crippen molar-refractivity contribution in [3.8, 4) is 22.7 Å². The van der Waals surface area contributed by atoms with Crippen molar-refractivity contribution in [1.29, 1.82) is 0 Å². The molecule has 0 unspecified atom stereocenters. The van der Waals surface area contributed by atoms with E-state index in [4.69, 9.17) is 22.1 Å². The summed E-state index contributed by atoms with van der Waals surface area (Å²) in [5.41, 5.74) is 4.70. The number of hydrogen-bond acceptors (Lipinski definition) is 5. The molecule has 7 heteroatoms. The summed E-state index contributed by atoms with van der Waals surface area (Å²) in [7, 11) is 0. The fourth-order valence-corrected chi connectivity index (χ4v) is 5.78. The highest BCUT2D eigenvalue weighted by molar-refractivity contribution is 8.26. The molecule has 4 rings (SSSR count). The number of amides is 1. The van der Waals surface area contributed by atoms with Crippen LogP contribution in [0.15, 0.2) is 59.6 Å². The molecular formula is C31H37N3O2S2. The Morgan fingerprint density at radius 1 is 1.00 bits per heavy atom. The fraction of sp³-hybridized carbons (Fsp3) is 0.387. The monoisotopic (exact) mass is 547 g/mol. The normalized spacial score (nSPS) is 14.6. The van der Waals surface area contributed by atoms with Crippen molar-refractivity contribution < 1.29 is 9.53 Å². The first-order valence-corrected chi connectivity index (χ1v) is 14.9. The van der Waals surface area contributed by atoms with Crippen molar-refractivity contribution in [3.05, 3.63) is 70.8 Å². The number of para-hydroxylation sites is 1. The van der Waals surface area contributed by atoms with Crippen molar-refractivity contribution >= 4 is 40.3 Å². The molecule has 0 saturated carbocycles. The lowest BCUT2D eigenvalue weighted by Gasteiger charge is -2.14. The second kappa shape index (κ2) is 13.8. The Kier molecular flexibility index (Phi) is 10.2. The molecule has 1 saturated heterocycles. The van der Waals surface area contributed by atoms with Gasteiger partial charge in [-0.2, -0.15) is 5.10 Å². The number of ether oxygens (including phenoxy) is 1. The van der Waals surface area contributed by atoms with Gasteiger partial charge in [0.25, 0.3) is 5.91 Å². The van der Waals surface area contributed by atoms with Gasteiger partial charge >= 0.3 is 0 Å². The molecule has 1 aliphatic heterocycles. The minimum absolute atomic E-state index is 0.00790. The smallest absolute Gasteiger partial charge is 0.266 e. The van der Waals surface area contributed by atoms with Gasteiger partial charge in [-0.15, -0.1) is 0 Å². The van der Waals surface area contributed by atoms with Gasteiger partial charge in [0.05, 0.1) is 17.2 Å². The number of thioether (sulfide) groups is 1. The summed E-state index contributed by atoms with van der Waals surface area (Å²) in [5, 5.41) is 4.94. The number of aromatic nitrogens is 2. The molecule has 0 spiro atoms. The zero-order valence-corrected chi connectivity index (χ0v) is 24.2. The third-order valence-electron chi connectivity index (χ3n) is 6.57. The largest absolute Gasteiger partial charge is 0.493 e. The average molecular weight is 548 g/mol. The maximum Gasteiger partial charge on any atom is 0.266 e. The molecule has 0 N–H and O–H groups in total. The molecule has 1 fully saturated rings. The van der Waals surface area contributed by atoms with Crippen LogP contribution < -0.4 is 4.74 Å². The molecule has 1 aromatic heterocycles. The first-order chi connectivity index (χ1) is 18.5. The third kappa shape index (κ3) is 6.94. The van der Waals surface area contributed by atoms with Crippen LogP contribution in [0.4, 0.5) is 0 Å². The van der Waals surface area contributed by atoms with E-state index in [9.17, 15) is 4.79 Å². The molecule has 5 nitrogen and oxygen atoms in total. The molecule has 200 valence electrons. The van der Waals surface area contributed by atoms with Crippen LogP contribution in [0.3, 0.4) is 0 Å². The topological polar surface area (TPSA) is 47.4 Å². The summed E-state index contributed by atoms with van der Waals surface area (Å²) >= 11 is 6.98. The van der Waals surface area contributed by atoms with Crippen LogP contribution in [0, 0.1) is 6.92 Å². The van der Waals surface area contributed by atoms with E-state index in [1.807, 2.05) is 59.4 Å². The number of aryl methyl sites for hydroxylation is 1. The van der Waals surface area contributed by atoms with Crippen molar-refractivity contribution in [2.45, 2.75) is 65.7 Å². The van der Waals surface area contributed by atoms with Gasteiger partial charge in [-0.25, -0.2) is 4.68 Å². The Balaban J connectivity index is 1.60. The predicted molar refractivity (Wildman–Crippen MR) is 163 cm³/mol. The Hall–Kier alpha value is -2.90. The van der Waals surface area contributed by atoms with Crippen LogP contribution in [0.5, 0.6) is 5.75 Å². The summed E-state index contributed by atoms with van der Waals surface area (Å²) in [6, 6.07) is 16.2. The number of hydrogen-bond donors (Lipinski definition) is 0. The number of nitrogens with zero attached hydrogens (tertiary/aromatic N) is 3. The fourth-order valence-electron chi connectivity index (χ4n) is 4.49. The van der Waals surface area contributed by atoms with Gasteiger partial charge in [0, 0.05) is 23.9 Å². The van der Waals surface area contributed by atoms with Crippen LogP contribution in [0.1, 0.15) is 69.9 Å². The van der Waals surface area contributed by atoms with E-state index in [-0.39, 0.29) is 5.91 Å². The van der Waals surface area contributed by atoms with Crippen LogP contribution in [-0.2, 0) is 4.79 Å². The summed E-state index contributed by atoms with van der Waals surface area (Å²) in [4.78, 5) is 15.7. The number of rotatable bonds is 13. The molecule has 0 atom stereocenters. The summed E-state index contributed by atoms with van der Waals surface area (Å²) < 4.78 is 8.39. The van der Waals surface area contributed by atoms with Crippen LogP contribution in [0.25, 0.3) is 23.0 Å². The van der Waals surface area contributed by atoms with Gasteiger partial charge in [-0.3, -0.25) is 9.69 Å². The third-order valence-corrected chi connectivity index (χ3v) is 7.95. The number of carbonyl (C=O) groups is 1. The van der Waals surface area contributed by atoms with E-state index < -0.39 is 0 Å². The van der Waals surface area contributed by atoms with Gasteiger partial charge in [-0.05, 0) is 61.7 Å². The highest BCUT2D eigenvalue weighted by Gasteiger charge is 2.32. The van der Waals surface area contributed by atoms with E-state index in [1.54, 1.807) is 4.90 Å².